The molecule has 1 heterocycles. The molecule has 3 aliphatic carbocycles. The van der Waals surface area contributed by atoms with Crippen LogP contribution in [0.3, 0.4) is 0 Å². The molecule has 5 rings (SSSR count). The maximum Gasteiger partial charge on any atom is 0.224 e. The number of carbonyl (C=O) groups is 2. The summed E-state index contributed by atoms with van der Waals surface area (Å²) < 4.78 is 6.37. The zero-order chi connectivity index (χ0) is 17.0. The van der Waals surface area contributed by atoms with Gasteiger partial charge < -0.3 is 10.1 Å². The van der Waals surface area contributed by atoms with Crippen molar-refractivity contribution in [3.63, 3.8) is 0 Å². The van der Waals surface area contributed by atoms with Gasteiger partial charge in [-0.15, -0.1) is 0 Å². The highest BCUT2D eigenvalue weighted by atomic mass is 16.5. The lowest BCUT2D eigenvalue weighted by atomic mass is 9.84. The van der Waals surface area contributed by atoms with Crippen LogP contribution in [0.4, 0.5) is 0 Å². The number of Topliss-reactive ketones (excluding diaryl/α,β-unsaturated/α-hetero) is 1. The smallest absolute Gasteiger partial charge is 0.224 e. The lowest BCUT2D eigenvalue weighted by Crippen LogP contribution is -2.45. The number of rotatable bonds is 2. The molecule has 4 aliphatic rings. The minimum absolute atomic E-state index is 0.0498. The molecule has 4 nitrogen and oxygen atoms in total. The first-order valence-electron chi connectivity index (χ1n) is 9.80. The molecule has 3 saturated carbocycles. The Balaban J connectivity index is 1.33. The number of amides is 1. The molecule has 1 aromatic rings. The number of ketones is 1. The molecule has 4 heteroatoms. The Morgan fingerprint density at radius 2 is 1.92 bits per heavy atom. The summed E-state index contributed by atoms with van der Waals surface area (Å²) in [5, 5.41) is 3.28. The van der Waals surface area contributed by atoms with Gasteiger partial charge in [0.2, 0.25) is 5.91 Å². The molecule has 1 aromatic carbocycles. The van der Waals surface area contributed by atoms with Crippen molar-refractivity contribution in [1.29, 1.82) is 0 Å². The molecule has 132 valence electrons. The average molecular weight is 339 g/mol. The summed E-state index contributed by atoms with van der Waals surface area (Å²) in [5.41, 5.74) is 0.255. The van der Waals surface area contributed by atoms with E-state index < -0.39 is 5.60 Å². The van der Waals surface area contributed by atoms with Gasteiger partial charge in [0.1, 0.15) is 11.4 Å². The number of para-hydroxylation sites is 1. The molecule has 25 heavy (non-hydrogen) atoms. The third-order valence-corrected chi connectivity index (χ3v) is 6.89. The predicted octanol–water partition coefficient (Wildman–Crippen LogP) is 3.50. The van der Waals surface area contributed by atoms with E-state index in [-0.39, 0.29) is 23.5 Å². The summed E-state index contributed by atoms with van der Waals surface area (Å²) in [7, 11) is 0. The quantitative estimate of drug-likeness (QED) is 0.897. The minimum atomic E-state index is -0.440. The predicted molar refractivity (Wildman–Crippen MR) is 93.5 cm³/mol. The van der Waals surface area contributed by atoms with Gasteiger partial charge in [0.15, 0.2) is 5.78 Å². The van der Waals surface area contributed by atoms with Crippen molar-refractivity contribution in [3.8, 4) is 5.75 Å². The number of nitrogens with one attached hydrogen (secondary N) is 1. The molecule has 0 saturated heterocycles. The summed E-state index contributed by atoms with van der Waals surface area (Å²) in [6.45, 7) is 0. The lowest BCUT2D eigenvalue weighted by Gasteiger charge is -2.37. The van der Waals surface area contributed by atoms with Gasteiger partial charge >= 0.3 is 0 Å². The number of ether oxygens (including phenoxy) is 1. The second kappa shape index (κ2) is 5.58. The van der Waals surface area contributed by atoms with Crippen LogP contribution in [0.2, 0.25) is 0 Å². The number of hydrogen-bond acceptors (Lipinski definition) is 3. The zero-order valence-corrected chi connectivity index (χ0v) is 14.5. The first kappa shape index (κ1) is 15.4. The summed E-state index contributed by atoms with van der Waals surface area (Å²) in [4.78, 5) is 25.4. The Kier molecular flexibility index (Phi) is 3.44. The van der Waals surface area contributed by atoms with Crippen LogP contribution < -0.4 is 10.1 Å². The highest BCUT2D eigenvalue weighted by molar-refractivity contribution is 6.00. The van der Waals surface area contributed by atoms with Gasteiger partial charge in [0, 0.05) is 17.9 Å². The third-order valence-electron chi connectivity index (χ3n) is 6.89. The Bertz CT molecular complexity index is 724. The van der Waals surface area contributed by atoms with Crippen LogP contribution >= 0.6 is 0 Å². The average Bonchev–Trinajstić information content (AvgIpc) is 3.28. The van der Waals surface area contributed by atoms with Crippen LogP contribution in [0.5, 0.6) is 5.75 Å². The van der Waals surface area contributed by atoms with Crippen LogP contribution in [-0.2, 0) is 4.79 Å². The number of fused-ring (bicyclic) bond motifs is 3. The lowest BCUT2D eigenvalue weighted by molar-refractivity contribution is -0.125. The van der Waals surface area contributed by atoms with Crippen molar-refractivity contribution in [1.82, 2.24) is 5.32 Å². The van der Waals surface area contributed by atoms with Crippen molar-refractivity contribution < 1.29 is 14.3 Å². The van der Waals surface area contributed by atoms with Gasteiger partial charge in [-0.1, -0.05) is 31.4 Å². The largest absolute Gasteiger partial charge is 0.486 e. The second-order valence-corrected chi connectivity index (χ2v) is 8.36. The number of carbonyl (C=O) groups excluding carboxylic acids is 2. The van der Waals surface area contributed by atoms with E-state index in [0.717, 1.165) is 25.7 Å². The fraction of sp³-hybridized carbons (Fsp3) is 0.619. The molecule has 0 bridgehead atoms. The fourth-order valence-electron chi connectivity index (χ4n) is 5.66. The van der Waals surface area contributed by atoms with Gasteiger partial charge in [0.05, 0.1) is 12.0 Å². The van der Waals surface area contributed by atoms with E-state index >= 15 is 0 Å². The standard InChI is InChI=1S/C21H25NO3/c23-16-12-21(25-17-9-5-4-8-14(16)17)11-10-15-18(19(15)21)20(24)22-13-6-2-1-3-7-13/h4-5,8-9,13,15,18-19H,1-3,6-7,10-12H2,(H,22,24)/t15-,18-,19-,21+/m1/s1. The van der Waals surface area contributed by atoms with Gasteiger partial charge in [-0.2, -0.15) is 0 Å². The van der Waals surface area contributed by atoms with Crippen LogP contribution in [-0.4, -0.2) is 23.3 Å². The van der Waals surface area contributed by atoms with E-state index in [1.165, 1.54) is 19.3 Å². The van der Waals surface area contributed by atoms with E-state index in [1.807, 2.05) is 24.3 Å². The second-order valence-electron chi connectivity index (χ2n) is 8.36. The Morgan fingerprint density at radius 3 is 2.76 bits per heavy atom. The SMILES string of the molecule is O=C1C[C@]2(CC[C@@H]3[C@@H](C(=O)NC4CCCCC4)[C@@H]32)Oc2ccccc21. The van der Waals surface area contributed by atoms with Crippen LogP contribution in [0, 0.1) is 17.8 Å². The number of hydrogen-bond donors (Lipinski definition) is 1. The maximum absolute atomic E-state index is 12.8. The van der Waals surface area contributed by atoms with Crippen molar-refractivity contribution in [2.45, 2.75) is 63.0 Å². The van der Waals surface area contributed by atoms with Crippen molar-refractivity contribution >= 4 is 11.7 Å². The normalized spacial score (nSPS) is 36.5. The molecule has 3 fully saturated rings. The molecule has 1 aliphatic heterocycles. The molecule has 1 amide bonds. The first-order chi connectivity index (χ1) is 12.2. The molecular weight excluding hydrogens is 314 g/mol. The maximum atomic E-state index is 12.8. The van der Waals surface area contributed by atoms with Crippen LogP contribution in [0.15, 0.2) is 24.3 Å². The molecule has 0 radical (unpaired) electrons. The van der Waals surface area contributed by atoms with Crippen LogP contribution in [0.25, 0.3) is 0 Å². The summed E-state index contributed by atoms with van der Waals surface area (Å²) in [6.07, 6.45) is 8.29. The Morgan fingerprint density at radius 1 is 1.12 bits per heavy atom. The van der Waals surface area contributed by atoms with Crippen molar-refractivity contribution in [2.24, 2.45) is 17.8 Å². The summed E-state index contributed by atoms with van der Waals surface area (Å²) >= 11 is 0. The van der Waals surface area contributed by atoms with E-state index in [1.54, 1.807) is 0 Å². The van der Waals surface area contributed by atoms with E-state index in [2.05, 4.69) is 5.32 Å². The van der Waals surface area contributed by atoms with Crippen molar-refractivity contribution in [3.05, 3.63) is 29.8 Å². The molecule has 1 spiro atoms. The molecule has 0 unspecified atom stereocenters. The van der Waals surface area contributed by atoms with Gasteiger partial charge in [-0.3, -0.25) is 9.59 Å². The van der Waals surface area contributed by atoms with E-state index in [9.17, 15) is 9.59 Å². The zero-order valence-electron chi connectivity index (χ0n) is 14.5. The van der Waals surface area contributed by atoms with Crippen LogP contribution in [0.1, 0.15) is 61.7 Å². The topological polar surface area (TPSA) is 55.4 Å². The third kappa shape index (κ3) is 2.41. The monoisotopic (exact) mass is 339 g/mol. The molecule has 0 aromatic heterocycles. The van der Waals surface area contributed by atoms with Gasteiger partial charge in [0.25, 0.3) is 0 Å². The van der Waals surface area contributed by atoms with Gasteiger partial charge in [-0.25, -0.2) is 0 Å². The van der Waals surface area contributed by atoms with Gasteiger partial charge in [-0.05, 0) is 43.7 Å². The molecular formula is C21H25NO3. The highest BCUT2D eigenvalue weighted by Gasteiger charge is 2.70. The molecule has 1 N–H and O–H groups in total. The summed E-state index contributed by atoms with van der Waals surface area (Å²) in [5.74, 6) is 1.75. The summed E-state index contributed by atoms with van der Waals surface area (Å²) in [6, 6.07) is 7.89. The van der Waals surface area contributed by atoms with E-state index in [0.29, 0.717) is 29.7 Å². The van der Waals surface area contributed by atoms with Crippen molar-refractivity contribution in [2.75, 3.05) is 0 Å². The molecule has 4 atom stereocenters. The number of benzene rings is 1. The Labute approximate surface area is 148 Å². The first-order valence-corrected chi connectivity index (χ1v) is 9.80. The Hall–Kier alpha value is -1.84. The van der Waals surface area contributed by atoms with E-state index in [4.69, 9.17) is 4.74 Å². The fourth-order valence-corrected chi connectivity index (χ4v) is 5.66. The minimum Gasteiger partial charge on any atom is -0.486 e. The highest BCUT2D eigenvalue weighted by Crippen LogP contribution is 2.65.